The number of aliphatic imine (C=N–C) groups is 1. The van der Waals surface area contributed by atoms with Gasteiger partial charge in [0, 0.05) is 33.2 Å². The van der Waals surface area contributed by atoms with E-state index < -0.39 is 0 Å². The van der Waals surface area contributed by atoms with E-state index in [1.165, 1.54) is 12.0 Å². The number of guanidine groups is 1. The van der Waals surface area contributed by atoms with Crippen molar-refractivity contribution in [1.29, 1.82) is 0 Å². The Balaban J connectivity index is 0.00000261. The smallest absolute Gasteiger partial charge is 0.241 e. The van der Waals surface area contributed by atoms with E-state index in [0.717, 1.165) is 51.4 Å². The molecule has 0 bridgehead atoms. The van der Waals surface area contributed by atoms with Crippen LogP contribution in [-0.2, 0) is 4.79 Å². The second-order valence-electron chi connectivity index (χ2n) is 7.57. The van der Waals surface area contributed by atoms with Crippen LogP contribution in [0.15, 0.2) is 35.3 Å². The summed E-state index contributed by atoms with van der Waals surface area (Å²) in [5.74, 6) is 2.20. The number of hydrogen-bond acceptors (Lipinski definition) is 2. The zero-order valence-electron chi connectivity index (χ0n) is 16.6. The molecule has 1 aromatic rings. The molecule has 2 aliphatic heterocycles. The minimum Gasteiger partial charge on any atom is -0.347 e. The fraction of sp³-hybridized carbons (Fsp3) is 0.619. The van der Waals surface area contributed by atoms with Crippen molar-refractivity contribution < 1.29 is 4.79 Å². The highest BCUT2D eigenvalue weighted by Gasteiger charge is 2.29. The van der Waals surface area contributed by atoms with Gasteiger partial charge in [0.15, 0.2) is 5.96 Å². The number of nitrogens with zero attached hydrogens (tertiary/aromatic N) is 3. The van der Waals surface area contributed by atoms with E-state index in [1.807, 2.05) is 11.9 Å². The molecular weight excluding hydrogens is 451 g/mol. The molecule has 0 aliphatic carbocycles. The molecule has 2 unspecified atom stereocenters. The summed E-state index contributed by atoms with van der Waals surface area (Å²) in [6, 6.07) is 10.8. The van der Waals surface area contributed by atoms with E-state index >= 15 is 0 Å². The molecule has 2 atom stereocenters. The van der Waals surface area contributed by atoms with Crippen molar-refractivity contribution in [1.82, 2.24) is 15.1 Å². The molecule has 6 heteroatoms. The largest absolute Gasteiger partial charge is 0.347 e. The highest BCUT2D eigenvalue weighted by atomic mass is 127. The standard InChI is InChI=1S/C21H32N4O.HI/c1-17-16-25(14-11-19(17)18-9-5-3-6-10-18)21(22-2)23-15-20(26)24-12-7-4-8-13-24;/h3,5-6,9-10,17,19H,4,7-8,11-16H2,1-2H3,(H,22,23);1H. The maximum absolute atomic E-state index is 12.4. The molecule has 2 heterocycles. The van der Waals surface area contributed by atoms with E-state index in [2.05, 4.69) is 52.5 Å². The van der Waals surface area contributed by atoms with Gasteiger partial charge in [0.1, 0.15) is 0 Å². The van der Waals surface area contributed by atoms with Crippen LogP contribution < -0.4 is 5.32 Å². The van der Waals surface area contributed by atoms with Crippen LogP contribution in [-0.4, -0.2) is 61.4 Å². The molecular formula is C21H33IN4O. The summed E-state index contributed by atoms with van der Waals surface area (Å²) in [7, 11) is 1.81. The number of piperidine rings is 2. The number of hydrogen-bond donors (Lipinski definition) is 1. The molecule has 1 N–H and O–H groups in total. The molecule has 0 radical (unpaired) electrons. The second-order valence-corrected chi connectivity index (χ2v) is 7.57. The quantitative estimate of drug-likeness (QED) is 0.407. The highest BCUT2D eigenvalue weighted by Crippen LogP contribution is 2.32. The van der Waals surface area contributed by atoms with Crippen molar-refractivity contribution in [2.45, 2.75) is 38.5 Å². The SMILES string of the molecule is CN=C(NCC(=O)N1CCCCC1)N1CCC(c2ccccc2)C(C)C1.I. The van der Waals surface area contributed by atoms with E-state index in [4.69, 9.17) is 0 Å². The number of nitrogens with one attached hydrogen (secondary N) is 1. The van der Waals surface area contributed by atoms with Gasteiger partial charge in [0.05, 0.1) is 6.54 Å². The van der Waals surface area contributed by atoms with E-state index in [-0.39, 0.29) is 29.9 Å². The zero-order valence-corrected chi connectivity index (χ0v) is 18.9. The van der Waals surface area contributed by atoms with Crippen LogP contribution in [0.2, 0.25) is 0 Å². The van der Waals surface area contributed by atoms with Gasteiger partial charge in [-0.3, -0.25) is 9.79 Å². The summed E-state index contributed by atoms with van der Waals surface area (Å²) in [5, 5.41) is 3.30. The van der Waals surface area contributed by atoms with Crippen molar-refractivity contribution in [3.05, 3.63) is 35.9 Å². The summed E-state index contributed by atoms with van der Waals surface area (Å²) in [5.41, 5.74) is 1.43. The zero-order chi connectivity index (χ0) is 18.4. The number of carbonyl (C=O) groups is 1. The summed E-state index contributed by atoms with van der Waals surface area (Å²) in [4.78, 5) is 21.1. The van der Waals surface area contributed by atoms with Crippen molar-refractivity contribution in [3.8, 4) is 0 Å². The molecule has 27 heavy (non-hydrogen) atoms. The third-order valence-electron chi connectivity index (χ3n) is 5.75. The molecule has 1 aromatic carbocycles. The lowest BCUT2D eigenvalue weighted by Crippen LogP contribution is -2.50. The van der Waals surface area contributed by atoms with Crippen LogP contribution in [0, 0.1) is 5.92 Å². The first-order valence-electron chi connectivity index (χ1n) is 9.97. The Morgan fingerprint density at radius 3 is 2.44 bits per heavy atom. The average molecular weight is 484 g/mol. The Hall–Kier alpha value is -1.31. The molecule has 150 valence electrons. The van der Waals surface area contributed by atoms with Gasteiger partial charge in [-0.1, -0.05) is 37.3 Å². The Bertz CT molecular complexity index is 616. The van der Waals surface area contributed by atoms with Gasteiger partial charge < -0.3 is 15.1 Å². The highest BCUT2D eigenvalue weighted by molar-refractivity contribution is 14.0. The molecule has 2 saturated heterocycles. The fourth-order valence-electron chi connectivity index (χ4n) is 4.28. The second kappa shape index (κ2) is 10.9. The van der Waals surface area contributed by atoms with Crippen molar-refractivity contribution in [2.75, 3.05) is 39.8 Å². The summed E-state index contributed by atoms with van der Waals surface area (Å²) < 4.78 is 0. The van der Waals surface area contributed by atoms with E-state index in [0.29, 0.717) is 18.4 Å². The summed E-state index contributed by atoms with van der Waals surface area (Å²) in [6.45, 7) is 6.41. The first-order chi connectivity index (χ1) is 12.7. The minimum absolute atomic E-state index is 0. The number of amides is 1. The number of rotatable bonds is 3. The molecule has 1 amide bonds. The van der Waals surface area contributed by atoms with Gasteiger partial charge in [0.25, 0.3) is 0 Å². The monoisotopic (exact) mass is 484 g/mol. The van der Waals surface area contributed by atoms with Crippen LogP contribution in [0.5, 0.6) is 0 Å². The van der Waals surface area contributed by atoms with E-state index in [1.54, 1.807) is 0 Å². The predicted octanol–water partition coefficient (Wildman–Crippen LogP) is 3.32. The molecule has 2 fully saturated rings. The molecule has 2 aliphatic rings. The maximum Gasteiger partial charge on any atom is 0.241 e. The van der Waals surface area contributed by atoms with Crippen LogP contribution in [0.25, 0.3) is 0 Å². The Kier molecular flexibility index (Phi) is 8.86. The average Bonchev–Trinajstić information content (AvgIpc) is 2.69. The van der Waals surface area contributed by atoms with Crippen molar-refractivity contribution in [2.24, 2.45) is 10.9 Å². The van der Waals surface area contributed by atoms with Gasteiger partial charge in [0.2, 0.25) is 5.91 Å². The molecule has 5 nitrogen and oxygen atoms in total. The van der Waals surface area contributed by atoms with Crippen molar-refractivity contribution >= 4 is 35.8 Å². The molecule has 0 saturated carbocycles. The number of carbonyl (C=O) groups excluding carboxylic acids is 1. The first kappa shape index (κ1) is 22.0. The van der Waals surface area contributed by atoms with Crippen molar-refractivity contribution in [3.63, 3.8) is 0 Å². The summed E-state index contributed by atoms with van der Waals surface area (Å²) >= 11 is 0. The number of likely N-dealkylation sites (tertiary alicyclic amines) is 2. The Labute approximate surface area is 180 Å². The van der Waals surface area contributed by atoms with E-state index in [9.17, 15) is 4.79 Å². The van der Waals surface area contributed by atoms with Crippen LogP contribution in [0.1, 0.15) is 44.1 Å². The fourth-order valence-corrected chi connectivity index (χ4v) is 4.28. The van der Waals surface area contributed by atoms with Crippen LogP contribution in [0.3, 0.4) is 0 Å². The Morgan fingerprint density at radius 1 is 1.11 bits per heavy atom. The topological polar surface area (TPSA) is 47.9 Å². The van der Waals surface area contributed by atoms with Crippen LogP contribution in [0.4, 0.5) is 0 Å². The summed E-state index contributed by atoms with van der Waals surface area (Å²) in [6.07, 6.45) is 4.62. The van der Waals surface area contributed by atoms with Gasteiger partial charge in [-0.05, 0) is 43.1 Å². The van der Waals surface area contributed by atoms with Gasteiger partial charge in [-0.25, -0.2) is 0 Å². The third kappa shape index (κ3) is 5.83. The number of benzene rings is 1. The van der Waals surface area contributed by atoms with Gasteiger partial charge >= 0.3 is 0 Å². The lowest BCUT2D eigenvalue weighted by molar-refractivity contribution is -0.130. The Morgan fingerprint density at radius 2 is 1.81 bits per heavy atom. The first-order valence-corrected chi connectivity index (χ1v) is 9.97. The molecule has 0 aromatic heterocycles. The minimum atomic E-state index is 0. The normalized spacial score (nSPS) is 23.6. The molecule has 3 rings (SSSR count). The number of halogens is 1. The van der Waals surface area contributed by atoms with Crippen LogP contribution >= 0.6 is 24.0 Å². The lowest BCUT2D eigenvalue weighted by atomic mass is 9.82. The lowest BCUT2D eigenvalue weighted by Gasteiger charge is -2.39. The maximum atomic E-state index is 12.4. The predicted molar refractivity (Wildman–Crippen MR) is 122 cm³/mol. The van der Waals surface area contributed by atoms with Gasteiger partial charge in [-0.2, -0.15) is 0 Å². The molecule has 0 spiro atoms. The third-order valence-corrected chi connectivity index (χ3v) is 5.75. The van der Waals surface area contributed by atoms with Gasteiger partial charge in [-0.15, -0.1) is 24.0 Å².